The van der Waals surface area contributed by atoms with Crippen LogP contribution >= 0.6 is 23.4 Å². The Kier molecular flexibility index (Phi) is 8.55. The summed E-state index contributed by atoms with van der Waals surface area (Å²) in [6.07, 6.45) is 1.52. The second-order valence-electron chi connectivity index (χ2n) is 6.83. The molecule has 2 aromatic rings. The maximum absolute atomic E-state index is 12.8. The van der Waals surface area contributed by atoms with Crippen molar-refractivity contribution < 1.29 is 33.4 Å². The molecule has 0 aliphatic carbocycles. The van der Waals surface area contributed by atoms with Gasteiger partial charge >= 0.3 is 5.97 Å². The van der Waals surface area contributed by atoms with Crippen LogP contribution in [0.4, 0.5) is 10.5 Å². The van der Waals surface area contributed by atoms with Crippen molar-refractivity contribution >= 4 is 58.1 Å². The molecule has 178 valence electrons. The summed E-state index contributed by atoms with van der Waals surface area (Å²) in [7, 11) is 1.26. The third-order valence-electron chi connectivity index (χ3n) is 4.42. The van der Waals surface area contributed by atoms with Crippen molar-refractivity contribution in [2.24, 2.45) is 0 Å². The maximum atomic E-state index is 12.8. The fourth-order valence-electron chi connectivity index (χ4n) is 2.90. The largest absolute Gasteiger partial charge is 0.490 e. The summed E-state index contributed by atoms with van der Waals surface area (Å²) in [5.41, 5.74) is 1.03. The number of nitrogens with one attached hydrogen (secondary N) is 1. The number of amides is 3. The third kappa shape index (κ3) is 6.52. The molecule has 0 bridgehead atoms. The molecular formula is C23H21ClN2O7S. The Morgan fingerprint density at radius 3 is 2.62 bits per heavy atom. The van der Waals surface area contributed by atoms with Gasteiger partial charge in [0, 0.05) is 10.7 Å². The Labute approximate surface area is 205 Å². The van der Waals surface area contributed by atoms with Crippen LogP contribution in [0.25, 0.3) is 6.08 Å². The molecule has 1 fully saturated rings. The Hall–Kier alpha value is -3.50. The van der Waals surface area contributed by atoms with Gasteiger partial charge in [0.05, 0.1) is 18.6 Å². The predicted octanol–water partition coefficient (Wildman–Crippen LogP) is 3.97. The number of ether oxygens (including phenoxy) is 3. The zero-order valence-electron chi connectivity index (χ0n) is 18.3. The van der Waals surface area contributed by atoms with Gasteiger partial charge in [-0.15, -0.1) is 0 Å². The van der Waals surface area contributed by atoms with Crippen LogP contribution in [0.15, 0.2) is 47.4 Å². The van der Waals surface area contributed by atoms with Crippen LogP contribution in [0.1, 0.15) is 12.5 Å². The van der Waals surface area contributed by atoms with E-state index in [-0.39, 0.29) is 11.5 Å². The van der Waals surface area contributed by atoms with Crippen molar-refractivity contribution in [3.8, 4) is 11.5 Å². The van der Waals surface area contributed by atoms with Crippen molar-refractivity contribution in [2.45, 2.75) is 6.92 Å². The number of nitrogens with zero attached hydrogens (tertiary/aromatic N) is 1. The van der Waals surface area contributed by atoms with E-state index < -0.39 is 29.6 Å². The van der Waals surface area contributed by atoms with E-state index in [0.29, 0.717) is 34.4 Å². The summed E-state index contributed by atoms with van der Waals surface area (Å²) in [4.78, 5) is 49.8. The standard InChI is InChI=1S/C23H21ClN2O7S/c1-3-32-18-9-14(7-8-17(18)33-13-21(28)31-2)10-19-22(29)26(23(30)34-19)12-20(27)25-16-6-4-5-15(24)11-16/h4-11H,3,12-13H2,1-2H3,(H,25,27)/b19-10+. The van der Waals surface area contributed by atoms with Gasteiger partial charge in [0.25, 0.3) is 11.1 Å². The summed E-state index contributed by atoms with van der Waals surface area (Å²) in [5.74, 6) is -0.966. The molecule has 3 amide bonds. The lowest BCUT2D eigenvalue weighted by Crippen LogP contribution is -2.36. The molecule has 0 atom stereocenters. The van der Waals surface area contributed by atoms with E-state index in [1.165, 1.54) is 13.2 Å². The van der Waals surface area contributed by atoms with E-state index in [1.54, 1.807) is 49.4 Å². The first-order valence-electron chi connectivity index (χ1n) is 10.1. The van der Waals surface area contributed by atoms with E-state index in [9.17, 15) is 19.2 Å². The number of halogens is 1. The molecule has 0 aromatic heterocycles. The van der Waals surface area contributed by atoms with Crippen LogP contribution in [0.3, 0.4) is 0 Å². The lowest BCUT2D eigenvalue weighted by molar-refractivity contribution is -0.143. The third-order valence-corrected chi connectivity index (χ3v) is 5.56. The molecule has 11 heteroatoms. The van der Waals surface area contributed by atoms with Crippen LogP contribution < -0.4 is 14.8 Å². The number of anilines is 1. The van der Waals surface area contributed by atoms with Crippen LogP contribution in [-0.4, -0.2) is 54.8 Å². The van der Waals surface area contributed by atoms with Gasteiger partial charge in [-0.25, -0.2) is 4.79 Å². The van der Waals surface area contributed by atoms with E-state index >= 15 is 0 Å². The van der Waals surface area contributed by atoms with Crippen LogP contribution in [0.2, 0.25) is 5.02 Å². The number of esters is 1. The molecule has 1 saturated heterocycles. The highest BCUT2D eigenvalue weighted by molar-refractivity contribution is 8.18. The van der Waals surface area contributed by atoms with Gasteiger partial charge in [0.1, 0.15) is 6.54 Å². The quantitative estimate of drug-likeness (QED) is 0.403. The number of hydrogen-bond donors (Lipinski definition) is 1. The summed E-state index contributed by atoms with van der Waals surface area (Å²) < 4.78 is 15.5. The number of methoxy groups -OCH3 is 1. The first-order chi connectivity index (χ1) is 16.3. The van der Waals surface area contributed by atoms with Gasteiger partial charge < -0.3 is 19.5 Å². The number of thioether (sulfide) groups is 1. The number of carbonyl (C=O) groups excluding carboxylic acids is 4. The normalized spacial score (nSPS) is 14.3. The van der Waals surface area contributed by atoms with Gasteiger partial charge in [-0.2, -0.15) is 0 Å². The Morgan fingerprint density at radius 1 is 1.12 bits per heavy atom. The fourth-order valence-corrected chi connectivity index (χ4v) is 3.92. The zero-order chi connectivity index (χ0) is 24.7. The summed E-state index contributed by atoms with van der Waals surface area (Å²) in [6.45, 7) is 1.41. The van der Waals surface area contributed by atoms with Gasteiger partial charge in [-0.05, 0) is 60.7 Å². The van der Waals surface area contributed by atoms with Crippen molar-refractivity contribution in [3.05, 3.63) is 58.0 Å². The summed E-state index contributed by atoms with van der Waals surface area (Å²) in [6, 6.07) is 11.4. The van der Waals surface area contributed by atoms with Crippen LogP contribution in [0.5, 0.6) is 11.5 Å². The minimum absolute atomic E-state index is 0.159. The van der Waals surface area contributed by atoms with Gasteiger partial charge in [-0.3, -0.25) is 19.3 Å². The summed E-state index contributed by atoms with van der Waals surface area (Å²) in [5, 5.41) is 2.49. The van der Waals surface area contributed by atoms with Gasteiger partial charge in [0.15, 0.2) is 18.1 Å². The highest BCUT2D eigenvalue weighted by atomic mass is 35.5. The fraction of sp³-hybridized carbons (Fsp3) is 0.217. The average molecular weight is 505 g/mol. The van der Waals surface area contributed by atoms with Crippen molar-refractivity contribution in [2.75, 3.05) is 32.2 Å². The van der Waals surface area contributed by atoms with E-state index in [2.05, 4.69) is 10.1 Å². The molecule has 34 heavy (non-hydrogen) atoms. The number of carbonyl (C=O) groups is 4. The SMILES string of the molecule is CCOc1cc(/C=C2/SC(=O)N(CC(=O)Nc3cccc(Cl)c3)C2=O)ccc1OCC(=O)OC. The molecule has 0 saturated carbocycles. The van der Waals surface area contributed by atoms with E-state index in [4.69, 9.17) is 21.1 Å². The highest BCUT2D eigenvalue weighted by Crippen LogP contribution is 2.34. The molecule has 3 rings (SSSR count). The molecule has 1 aliphatic rings. The molecule has 2 aromatic carbocycles. The average Bonchev–Trinajstić information content (AvgIpc) is 3.05. The Balaban J connectivity index is 1.71. The van der Waals surface area contributed by atoms with Gasteiger partial charge in [-0.1, -0.05) is 23.7 Å². The first-order valence-corrected chi connectivity index (χ1v) is 11.3. The lowest BCUT2D eigenvalue weighted by atomic mass is 10.2. The minimum Gasteiger partial charge on any atom is -0.490 e. The number of hydrogen-bond acceptors (Lipinski definition) is 8. The molecule has 1 heterocycles. The van der Waals surface area contributed by atoms with E-state index in [0.717, 1.165) is 16.7 Å². The molecule has 0 unspecified atom stereocenters. The smallest absolute Gasteiger partial charge is 0.343 e. The summed E-state index contributed by atoms with van der Waals surface area (Å²) >= 11 is 6.63. The molecule has 1 N–H and O–H groups in total. The predicted molar refractivity (Wildman–Crippen MR) is 128 cm³/mol. The zero-order valence-corrected chi connectivity index (χ0v) is 19.9. The second-order valence-corrected chi connectivity index (χ2v) is 8.26. The Bertz CT molecular complexity index is 1150. The number of rotatable bonds is 9. The molecular weight excluding hydrogens is 484 g/mol. The maximum Gasteiger partial charge on any atom is 0.343 e. The molecule has 0 radical (unpaired) electrons. The second kappa shape index (κ2) is 11.6. The first kappa shape index (κ1) is 25.1. The van der Waals surface area contributed by atoms with Crippen molar-refractivity contribution in [1.29, 1.82) is 0 Å². The van der Waals surface area contributed by atoms with Crippen LogP contribution in [-0.2, 0) is 19.1 Å². The van der Waals surface area contributed by atoms with Crippen molar-refractivity contribution in [3.63, 3.8) is 0 Å². The lowest BCUT2D eigenvalue weighted by Gasteiger charge is -2.13. The highest BCUT2D eigenvalue weighted by Gasteiger charge is 2.36. The monoisotopic (exact) mass is 504 g/mol. The molecule has 9 nitrogen and oxygen atoms in total. The topological polar surface area (TPSA) is 111 Å². The minimum atomic E-state index is -0.583. The van der Waals surface area contributed by atoms with Crippen LogP contribution in [0, 0.1) is 0 Å². The molecule has 0 spiro atoms. The Morgan fingerprint density at radius 2 is 1.91 bits per heavy atom. The number of benzene rings is 2. The van der Waals surface area contributed by atoms with E-state index in [1.807, 2.05) is 0 Å². The molecule has 1 aliphatic heterocycles. The van der Waals surface area contributed by atoms with Crippen molar-refractivity contribution in [1.82, 2.24) is 4.90 Å². The van der Waals surface area contributed by atoms with Gasteiger partial charge in [0.2, 0.25) is 5.91 Å². The number of imide groups is 1.